The minimum Gasteiger partial charge on any atom is -1.00 e. The zero-order valence-electron chi connectivity index (χ0n) is 13.1. The van der Waals surface area contributed by atoms with E-state index >= 15 is 0 Å². The van der Waals surface area contributed by atoms with Gasteiger partial charge in [0.25, 0.3) is 0 Å². The third kappa shape index (κ3) is 6.92. The van der Waals surface area contributed by atoms with Crippen molar-refractivity contribution in [2.24, 2.45) is 0 Å². The number of halogens is 1. The van der Waals surface area contributed by atoms with Crippen molar-refractivity contribution in [1.82, 2.24) is 0 Å². The molecule has 0 saturated carbocycles. The van der Waals surface area contributed by atoms with Crippen LogP contribution in [0.2, 0.25) is 6.04 Å². The molecule has 1 aromatic carbocycles. The van der Waals surface area contributed by atoms with Crippen LogP contribution in [0.3, 0.4) is 0 Å². The molecule has 0 heterocycles. The van der Waals surface area contributed by atoms with Crippen molar-refractivity contribution in [2.75, 3.05) is 0 Å². The van der Waals surface area contributed by atoms with Crippen LogP contribution in [0.1, 0.15) is 34.1 Å². The van der Waals surface area contributed by atoms with Crippen LogP contribution in [0.5, 0.6) is 0 Å². The van der Waals surface area contributed by atoms with Crippen molar-refractivity contribution >= 4 is 36.8 Å². The second-order valence-electron chi connectivity index (χ2n) is 5.06. The molecule has 0 unspecified atom stereocenters. The van der Waals surface area contributed by atoms with Crippen molar-refractivity contribution in [2.45, 2.75) is 52.4 Å². The Bertz CT molecular complexity index is 337. The van der Waals surface area contributed by atoms with Crippen LogP contribution in [0.4, 0.5) is 0 Å². The largest absolute Gasteiger partial charge is 2.00 e. The summed E-state index contributed by atoms with van der Waals surface area (Å²) in [4.78, 5) is 0. The van der Waals surface area contributed by atoms with Gasteiger partial charge < -0.3 is 28.2 Å². The maximum atomic E-state index is 6.25. The van der Waals surface area contributed by atoms with E-state index in [9.17, 15) is 0 Å². The summed E-state index contributed by atoms with van der Waals surface area (Å²) in [5.41, 5.74) is 0. The maximum absolute atomic E-state index is 6.25. The summed E-state index contributed by atoms with van der Waals surface area (Å²) in [5, 5.41) is 1.20. The fourth-order valence-corrected chi connectivity index (χ4v) is 5.65. The second-order valence-corrected chi connectivity index (χ2v) is 8.11. The Kier molecular flexibility index (Phi) is 12.5. The monoisotopic (exact) mass is 324 g/mol. The van der Waals surface area contributed by atoms with E-state index in [1.54, 1.807) is 0 Å². The van der Waals surface area contributed by atoms with E-state index in [1.165, 1.54) is 5.19 Å². The summed E-state index contributed by atoms with van der Waals surface area (Å²) < 4.78 is 12.5. The van der Waals surface area contributed by atoms with Gasteiger partial charge in [-0.15, -0.1) is 0 Å². The molecule has 1 aromatic rings. The topological polar surface area (TPSA) is 18.5 Å². The Morgan fingerprint density at radius 2 is 1.45 bits per heavy atom. The number of hydrogen-bond donors (Lipinski definition) is 0. The average Bonchev–Trinajstić information content (AvgIpc) is 2.28. The van der Waals surface area contributed by atoms with Gasteiger partial charge in [-0.25, -0.2) is 0 Å². The molecule has 0 atom stereocenters. The molecular weight excluding hydrogens is 300 g/mol. The van der Waals surface area contributed by atoms with E-state index in [4.69, 9.17) is 8.85 Å². The van der Waals surface area contributed by atoms with Crippen LogP contribution < -0.4 is 17.6 Å². The van der Waals surface area contributed by atoms with E-state index in [2.05, 4.69) is 46.8 Å². The van der Waals surface area contributed by atoms with E-state index in [-0.39, 0.29) is 47.7 Å². The summed E-state index contributed by atoms with van der Waals surface area (Å²) in [7, 11) is -2.36. The second kappa shape index (κ2) is 11.0. The van der Waals surface area contributed by atoms with Crippen molar-refractivity contribution in [3.8, 4) is 0 Å². The molecule has 0 aromatic heterocycles. The summed E-state index contributed by atoms with van der Waals surface area (Å²) in [6, 6.07) is 11.3. The Hall–Kier alpha value is 0.413. The fourth-order valence-electron chi connectivity index (χ4n) is 2.11. The van der Waals surface area contributed by atoms with E-state index in [0.29, 0.717) is 0 Å². The van der Waals surface area contributed by atoms with Gasteiger partial charge in [-0.1, -0.05) is 30.3 Å². The molecule has 0 amide bonds. The van der Waals surface area contributed by atoms with Gasteiger partial charge in [0.15, 0.2) is 0 Å². The number of hydrogen-bond acceptors (Lipinski definition) is 2. The van der Waals surface area contributed by atoms with Crippen molar-refractivity contribution < 1.29 is 21.3 Å². The van der Waals surface area contributed by atoms with Crippen LogP contribution >= 0.6 is 0 Å². The summed E-state index contributed by atoms with van der Waals surface area (Å²) >= 11 is 0. The molecular formula is C15H25ClMgO2Si. The summed E-state index contributed by atoms with van der Waals surface area (Å²) in [6.07, 6.45) is 1.17. The maximum Gasteiger partial charge on any atom is 2.00 e. The molecule has 20 heavy (non-hydrogen) atoms. The molecule has 1 rings (SSSR count). The first-order valence-corrected chi connectivity index (χ1v) is 8.73. The number of benzene rings is 1. The van der Waals surface area contributed by atoms with Gasteiger partial charge in [-0.05, 0) is 38.9 Å². The first-order chi connectivity index (χ1) is 8.50. The minimum absolute atomic E-state index is 0. The SMILES string of the molecule is [CH2-]CC[Si](OC(C)C)(OC(C)C)c1ccccc1.[Cl-].[Mg+2]. The first kappa shape index (κ1) is 22.7. The molecule has 2 nitrogen and oxygen atoms in total. The number of rotatable bonds is 7. The summed E-state index contributed by atoms with van der Waals surface area (Å²) in [5.74, 6) is 0. The quantitative estimate of drug-likeness (QED) is 0.520. The predicted octanol–water partition coefficient (Wildman–Crippen LogP) is 0.0332. The molecule has 0 aliphatic heterocycles. The smallest absolute Gasteiger partial charge is 1.00 e. The van der Waals surface area contributed by atoms with Crippen LogP contribution in [0.25, 0.3) is 0 Å². The zero-order chi connectivity index (χ0) is 13.6. The molecule has 0 bridgehead atoms. The Morgan fingerprint density at radius 1 is 1.00 bits per heavy atom. The van der Waals surface area contributed by atoms with Gasteiger partial charge in [-0.3, -0.25) is 0 Å². The van der Waals surface area contributed by atoms with Crippen LogP contribution in [-0.4, -0.2) is 43.8 Å². The van der Waals surface area contributed by atoms with Gasteiger partial charge in [0.2, 0.25) is 0 Å². The Labute approximate surface area is 147 Å². The van der Waals surface area contributed by atoms with Crippen molar-refractivity contribution in [1.29, 1.82) is 0 Å². The molecule has 5 heteroatoms. The first-order valence-electron chi connectivity index (χ1n) is 6.70. The fraction of sp³-hybridized carbons (Fsp3) is 0.533. The van der Waals surface area contributed by atoms with E-state index in [0.717, 1.165) is 12.5 Å². The molecule has 0 saturated heterocycles. The molecule has 0 N–H and O–H groups in total. The Morgan fingerprint density at radius 3 is 1.80 bits per heavy atom. The third-order valence-corrected chi connectivity index (χ3v) is 6.50. The molecule has 0 spiro atoms. The van der Waals surface area contributed by atoms with Crippen LogP contribution in [0.15, 0.2) is 30.3 Å². The van der Waals surface area contributed by atoms with Gasteiger partial charge in [0.1, 0.15) is 0 Å². The summed E-state index contributed by atoms with van der Waals surface area (Å²) in [6.45, 7) is 12.3. The molecule has 0 aliphatic rings. The zero-order valence-corrected chi connectivity index (χ0v) is 16.2. The predicted molar refractivity (Wildman–Crippen MR) is 84.8 cm³/mol. The van der Waals surface area contributed by atoms with E-state index in [1.807, 2.05) is 18.2 Å². The molecule has 0 fully saturated rings. The molecule has 0 aliphatic carbocycles. The minimum atomic E-state index is -2.36. The third-order valence-electron chi connectivity index (χ3n) is 2.57. The van der Waals surface area contributed by atoms with Crippen molar-refractivity contribution in [3.63, 3.8) is 0 Å². The molecule has 0 radical (unpaired) electrons. The van der Waals surface area contributed by atoms with Crippen molar-refractivity contribution in [3.05, 3.63) is 37.3 Å². The van der Waals surface area contributed by atoms with Gasteiger partial charge in [0.05, 0.1) is 0 Å². The van der Waals surface area contributed by atoms with Crippen LogP contribution in [-0.2, 0) is 8.85 Å². The van der Waals surface area contributed by atoms with Gasteiger partial charge >= 0.3 is 31.6 Å². The Balaban J connectivity index is 0. The van der Waals surface area contributed by atoms with Gasteiger partial charge in [0, 0.05) is 12.2 Å². The van der Waals surface area contributed by atoms with Crippen LogP contribution in [0, 0.1) is 6.92 Å². The van der Waals surface area contributed by atoms with E-state index < -0.39 is 8.56 Å². The molecule has 110 valence electrons. The average molecular weight is 325 g/mol. The normalized spacial score (nSPS) is 11.2. The van der Waals surface area contributed by atoms with Gasteiger partial charge in [-0.2, -0.15) is 6.42 Å². The standard InChI is InChI=1S/C15H25O2Si.ClH.Mg/c1-6-12-18(16-13(2)3,17-14(4)5)15-10-8-7-9-11-15;;/h7-11,13-14H,1,6,12H2,2-5H3;1H;/q-1;;+2/p-1.